The van der Waals surface area contributed by atoms with Gasteiger partial charge in [0, 0.05) is 48.1 Å². The lowest BCUT2D eigenvalue weighted by atomic mass is 10.2. The molecular formula is C23H31ClN4OS. The molecule has 162 valence electrons. The summed E-state index contributed by atoms with van der Waals surface area (Å²) in [5.41, 5.74) is 0.832. The van der Waals surface area contributed by atoms with Gasteiger partial charge in [0.2, 0.25) is 6.41 Å². The number of nitrogens with one attached hydrogen (secondary N) is 1. The number of nitriles is 1. The molecule has 0 radical (unpaired) electrons. The van der Waals surface area contributed by atoms with Gasteiger partial charge in [0.15, 0.2) is 0 Å². The van der Waals surface area contributed by atoms with Gasteiger partial charge in [-0.2, -0.15) is 5.26 Å². The highest BCUT2D eigenvalue weighted by Gasteiger charge is 2.42. The van der Waals surface area contributed by atoms with E-state index in [1.165, 1.54) is 62.2 Å². The molecule has 0 atom stereocenters. The van der Waals surface area contributed by atoms with Gasteiger partial charge in [-0.3, -0.25) is 9.69 Å². The lowest BCUT2D eigenvalue weighted by molar-refractivity contribution is -0.110. The van der Waals surface area contributed by atoms with E-state index in [2.05, 4.69) is 33.3 Å². The third kappa shape index (κ3) is 5.63. The number of piperazine rings is 1. The van der Waals surface area contributed by atoms with E-state index < -0.39 is 5.54 Å². The Morgan fingerprint density at radius 3 is 2.33 bits per heavy atom. The van der Waals surface area contributed by atoms with Gasteiger partial charge in [-0.05, 0) is 56.7 Å². The molecule has 4 fully saturated rings. The molecule has 5 nitrogen and oxygen atoms in total. The number of thioether (sulfide) groups is 1. The van der Waals surface area contributed by atoms with Crippen LogP contribution >= 0.6 is 23.4 Å². The predicted molar refractivity (Wildman–Crippen MR) is 123 cm³/mol. The minimum Gasteiger partial charge on any atom is -0.369 e. The molecule has 1 heterocycles. The monoisotopic (exact) mass is 446 g/mol. The third-order valence-electron chi connectivity index (χ3n) is 6.55. The van der Waals surface area contributed by atoms with Crippen LogP contribution in [0.3, 0.4) is 0 Å². The minimum absolute atomic E-state index is 0.470. The summed E-state index contributed by atoms with van der Waals surface area (Å²) in [5, 5.41) is 12.5. The zero-order chi connectivity index (χ0) is 21.0. The van der Waals surface area contributed by atoms with E-state index in [0.717, 1.165) is 42.2 Å². The number of anilines is 1. The second kappa shape index (κ2) is 9.80. The molecule has 1 amide bonds. The number of hydrogen-bond donors (Lipinski definition) is 1. The summed E-state index contributed by atoms with van der Waals surface area (Å²) in [6.45, 7) is 4.70. The van der Waals surface area contributed by atoms with Crippen molar-refractivity contribution in [2.75, 3.05) is 31.1 Å². The molecular weight excluding hydrogens is 416 g/mol. The number of amides is 1. The summed E-state index contributed by atoms with van der Waals surface area (Å²) >= 11 is 8.55. The van der Waals surface area contributed by atoms with Crippen LogP contribution in [-0.4, -0.2) is 54.3 Å². The van der Waals surface area contributed by atoms with Crippen LogP contribution in [0.5, 0.6) is 0 Å². The first-order valence-corrected chi connectivity index (χ1v) is 12.5. The van der Waals surface area contributed by atoms with E-state index >= 15 is 0 Å². The molecule has 3 aliphatic carbocycles. The molecule has 0 unspecified atom stereocenters. The maximum Gasteiger partial charge on any atom is 0.208 e. The SMILES string of the molecule is Clc1cc(N2CCN(C3CC3)CC2)ccc1SC1CCCC1.N#CC1(NC=O)CC1. The zero-order valence-corrected chi connectivity index (χ0v) is 19.1. The largest absolute Gasteiger partial charge is 0.369 e. The smallest absolute Gasteiger partial charge is 0.208 e. The molecule has 7 heteroatoms. The van der Waals surface area contributed by atoms with Gasteiger partial charge in [-0.1, -0.05) is 24.4 Å². The first-order chi connectivity index (χ1) is 14.6. The molecule has 1 aromatic rings. The Bertz CT molecular complexity index is 776. The lowest BCUT2D eigenvalue weighted by Gasteiger charge is -2.36. The quantitative estimate of drug-likeness (QED) is 0.654. The predicted octanol–water partition coefficient (Wildman–Crippen LogP) is 4.45. The van der Waals surface area contributed by atoms with Crippen LogP contribution in [0.2, 0.25) is 5.02 Å². The number of nitrogens with zero attached hydrogens (tertiary/aromatic N) is 3. The van der Waals surface area contributed by atoms with Gasteiger partial charge in [0.05, 0.1) is 11.1 Å². The van der Waals surface area contributed by atoms with Crippen LogP contribution in [0.4, 0.5) is 5.69 Å². The van der Waals surface area contributed by atoms with Crippen molar-refractivity contribution in [3.63, 3.8) is 0 Å². The molecule has 1 saturated heterocycles. The first kappa shape index (κ1) is 21.8. The van der Waals surface area contributed by atoms with Crippen molar-refractivity contribution in [3.8, 4) is 6.07 Å². The van der Waals surface area contributed by atoms with Crippen molar-refractivity contribution in [2.45, 2.75) is 73.1 Å². The number of carbonyl (C=O) groups excluding carboxylic acids is 1. The maximum atomic E-state index is 9.76. The summed E-state index contributed by atoms with van der Waals surface area (Å²) in [4.78, 5) is 16.2. The van der Waals surface area contributed by atoms with Crippen LogP contribution in [-0.2, 0) is 4.79 Å². The minimum atomic E-state index is -0.470. The first-order valence-electron chi connectivity index (χ1n) is 11.2. The van der Waals surface area contributed by atoms with Crippen molar-refractivity contribution in [3.05, 3.63) is 23.2 Å². The summed E-state index contributed by atoms with van der Waals surface area (Å²) in [7, 11) is 0. The van der Waals surface area contributed by atoms with Crippen LogP contribution in [0.25, 0.3) is 0 Å². The second-order valence-electron chi connectivity index (χ2n) is 8.85. The van der Waals surface area contributed by atoms with Crippen molar-refractivity contribution in [1.29, 1.82) is 5.26 Å². The molecule has 1 aromatic carbocycles. The van der Waals surface area contributed by atoms with E-state index in [-0.39, 0.29) is 0 Å². The topological polar surface area (TPSA) is 59.4 Å². The fourth-order valence-electron chi connectivity index (χ4n) is 4.28. The molecule has 0 spiro atoms. The molecule has 1 N–H and O–H groups in total. The molecule has 0 bridgehead atoms. The van der Waals surface area contributed by atoms with E-state index in [1.54, 1.807) is 0 Å². The van der Waals surface area contributed by atoms with Crippen LogP contribution in [0, 0.1) is 11.3 Å². The number of benzene rings is 1. The van der Waals surface area contributed by atoms with Gasteiger partial charge < -0.3 is 10.2 Å². The Balaban J connectivity index is 0.000000230. The number of rotatable bonds is 6. The molecule has 1 aliphatic heterocycles. The van der Waals surface area contributed by atoms with Gasteiger partial charge in [-0.25, -0.2) is 0 Å². The Kier molecular flexibility index (Phi) is 7.12. The highest BCUT2D eigenvalue weighted by molar-refractivity contribution is 8.00. The summed E-state index contributed by atoms with van der Waals surface area (Å²) < 4.78 is 0. The van der Waals surface area contributed by atoms with Crippen molar-refractivity contribution in [1.82, 2.24) is 10.2 Å². The van der Waals surface area contributed by atoms with E-state index in [9.17, 15) is 4.79 Å². The highest BCUT2D eigenvalue weighted by Crippen LogP contribution is 2.39. The van der Waals surface area contributed by atoms with E-state index in [4.69, 9.17) is 16.9 Å². The number of hydrogen-bond acceptors (Lipinski definition) is 5. The Morgan fingerprint density at radius 1 is 1.13 bits per heavy atom. The average molecular weight is 447 g/mol. The summed E-state index contributed by atoms with van der Waals surface area (Å²) in [5.74, 6) is 0. The van der Waals surface area contributed by atoms with Crippen LogP contribution < -0.4 is 10.2 Å². The molecule has 3 saturated carbocycles. The molecule has 5 rings (SSSR count). The van der Waals surface area contributed by atoms with Gasteiger partial charge in [0.25, 0.3) is 0 Å². The second-order valence-corrected chi connectivity index (χ2v) is 10.6. The van der Waals surface area contributed by atoms with E-state index in [0.29, 0.717) is 6.41 Å². The normalized spacial score (nSPS) is 23.3. The van der Waals surface area contributed by atoms with Crippen molar-refractivity contribution in [2.24, 2.45) is 0 Å². The van der Waals surface area contributed by atoms with Crippen LogP contribution in [0.1, 0.15) is 51.4 Å². The van der Waals surface area contributed by atoms with Gasteiger partial charge >= 0.3 is 0 Å². The Hall–Kier alpha value is -1.42. The Morgan fingerprint density at radius 2 is 1.83 bits per heavy atom. The highest BCUT2D eigenvalue weighted by atomic mass is 35.5. The number of carbonyl (C=O) groups is 1. The Labute approximate surface area is 189 Å². The van der Waals surface area contributed by atoms with Crippen molar-refractivity contribution >= 4 is 35.5 Å². The average Bonchev–Trinajstić information content (AvgIpc) is 3.70. The van der Waals surface area contributed by atoms with Gasteiger partial charge in [0.1, 0.15) is 5.54 Å². The molecule has 30 heavy (non-hydrogen) atoms. The standard InChI is InChI=1S/C18H25ClN2S.C5H6N2O/c19-17-13-15(7-8-18(17)22-16-3-1-2-4-16)21-11-9-20(10-12-21)14-5-6-14;6-3-5(1-2-5)7-4-8/h7-8,13-14,16H,1-6,9-12H2;4H,1-2H2,(H,7,8). The summed E-state index contributed by atoms with van der Waals surface area (Å²) in [6.07, 6.45) is 10.5. The van der Waals surface area contributed by atoms with Gasteiger partial charge in [-0.15, -0.1) is 11.8 Å². The fraction of sp³-hybridized carbons (Fsp3) is 0.652. The van der Waals surface area contributed by atoms with Crippen LogP contribution in [0.15, 0.2) is 23.1 Å². The lowest BCUT2D eigenvalue weighted by Crippen LogP contribution is -2.47. The molecule has 4 aliphatic rings. The van der Waals surface area contributed by atoms with Crippen molar-refractivity contribution < 1.29 is 4.79 Å². The fourth-order valence-corrected chi connectivity index (χ4v) is 5.83. The zero-order valence-electron chi connectivity index (χ0n) is 17.5. The van der Waals surface area contributed by atoms with E-state index in [1.807, 2.05) is 17.8 Å². The molecule has 0 aromatic heterocycles. The number of halogens is 1. The third-order valence-corrected chi connectivity index (χ3v) is 8.39. The maximum absolute atomic E-state index is 9.76. The summed E-state index contributed by atoms with van der Waals surface area (Å²) in [6, 6.07) is 9.61.